The molecule has 1 aliphatic heterocycles. The van der Waals surface area contributed by atoms with Crippen LogP contribution in [0.25, 0.3) is 10.6 Å². The quantitative estimate of drug-likeness (QED) is 0.749. The van der Waals surface area contributed by atoms with Crippen molar-refractivity contribution in [2.24, 2.45) is 0 Å². The van der Waals surface area contributed by atoms with Gasteiger partial charge in [0.1, 0.15) is 15.5 Å². The lowest BCUT2D eigenvalue weighted by atomic mass is 10.2. The van der Waals surface area contributed by atoms with Gasteiger partial charge >= 0.3 is 6.09 Å². The Morgan fingerprint density at radius 2 is 1.74 bits per heavy atom. The third-order valence-corrected chi connectivity index (χ3v) is 5.39. The number of nitrogens with zero attached hydrogens (tertiary/aromatic N) is 3. The smallest absolute Gasteiger partial charge is 0.410 e. The van der Waals surface area contributed by atoms with Gasteiger partial charge in [0.05, 0.1) is 11.2 Å². The van der Waals surface area contributed by atoms with Gasteiger partial charge in [-0.1, -0.05) is 29.8 Å². The fourth-order valence-corrected chi connectivity index (χ4v) is 3.91. The van der Waals surface area contributed by atoms with E-state index in [2.05, 4.69) is 4.98 Å². The molecule has 1 fully saturated rings. The van der Waals surface area contributed by atoms with Crippen molar-refractivity contribution < 1.29 is 14.3 Å². The van der Waals surface area contributed by atoms with Crippen LogP contribution in [0.15, 0.2) is 30.5 Å². The van der Waals surface area contributed by atoms with Crippen LogP contribution in [0.3, 0.4) is 0 Å². The molecule has 3 rings (SSSR count). The summed E-state index contributed by atoms with van der Waals surface area (Å²) in [5.74, 6) is -0.0744. The largest absolute Gasteiger partial charge is 0.444 e. The van der Waals surface area contributed by atoms with Crippen LogP contribution >= 0.6 is 22.9 Å². The highest BCUT2D eigenvalue weighted by molar-refractivity contribution is 7.17. The van der Waals surface area contributed by atoms with E-state index in [1.165, 1.54) is 11.3 Å². The van der Waals surface area contributed by atoms with E-state index in [9.17, 15) is 9.59 Å². The average Bonchev–Trinajstić information content (AvgIpc) is 3.10. The third-order valence-electron chi connectivity index (χ3n) is 4.04. The van der Waals surface area contributed by atoms with Crippen LogP contribution in [0.5, 0.6) is 0 Å². The molecule has 0 bridgehead atoms. The number of rotatable bonds is 2. The van der Waals surface area contributed by atoms with Crippen LogP contribution in [-0.2, 0) is 4.74 Å². The highest BCUT2D eigenvalue weighted by Gasteiger charge is 2.28. The summed E-state index contributed by atoms with van der Waals surface area (Å²) in [6.07, 6.45) is 1.25. The second-order valence-electron chi connectivity index (χ2n) is 7.27. The number of carbonyl (C=O) groups is 2. The van der Waals surface area contributed by atoms with Gasteiger partial charge in [-0.05, 0) is 26.8 Å². The van der Waals surface area contributed by atoms with Crippen LogP contribution in [0, 0.1) is 0 Å². The summed E-state index contributed by atoms with van der Waals surface area (Å²) >= 11 is 7.53. The molecule has 0 spiro atoms. The van der Waals surface area contributed by atoms with Crippen LogP contribution in [0.2, 0.25) is 5.02 Å². The van der Waals surface area contributed by atoms with E-state index in [4.69, 9.17) is 16.3 Å². The van der Waals surface area contributed by atoms with Gasteiger partial charge in [0.15, 0.2) is 0 Å². The number of carbonyl (C=O) groups excluding carboxylic acids is 2. The fraction of sp³-hybridized carbons (Fsp3) is 0.421. The SMILES string of the molecule is CC(C)(C)OC(=O)N1CCN(C(=O)c2cnc(-c3ccccc3Cl)s2)CC1. The molecule has 0 atom stereocenters. The second-order valence-corrected chi connectivity index (χ2v) is 8.71. The minimum atomic E-state index is -0.526. The maximum absolute atomic E-state index is 12.8. The molecule has 0 radical (unpaired) electrons. The van der Waals surface area contributed by atoms with Gasteiger partial charge in [-0.3, -0.25) is 4.79 Å². The van der Waals surface area contributed by atoms with E-state index in [0.29, 0.717) is 36.1 Å². The molecule has 0 saturated carbocycles. The minimum Gasteiger partial charge on any atom is -0.444 e. The monoisotopic (exact) mass is 407 g/mol. The Hall–Kier alpha value is -2.12. The molecule has 1 aromatic heterocycles. The van der Waals surface area contributed by atoms with Crippen molar-refractivity contribution in [3.63, 3.8) is 0 Å². The molecule has 0 unspecified atom stereocenters. The summed E-state index contributed by atoms with van der Waals surface area (Å²) < 4.78 is 5.38. The lowest BCUT2D eigenvalue weighted by Crippen LogP contribution is -2.51. The molecule has 0 aliphatic carbocycles. The normalized spacial score (nSPS) is 15.0. The van der Waals surface area contributed by atoms with Gasteiger partial charge < -0.3 is 14.5 Å². The van der Waals surface area contributed by atoms with Gasteiger partial charge in [0.25, 0.3) is 5.91 Å². The molecule has 2 heterocycles. The van der Waals surface area contributed by atoms with Crippen molar-refractivity contribution in [1.82, 2.24) is 14.8 Å². The molecular formula is C19H22ClN3O3S. The van der Waals surface area contributed by atoms with Gasteiger partial charge in [0, 0.05) is 31.7 Å². The zero-order valence-corrected chi connectivity index (χ0v) is 17.1. The van der Waals surface area contributed by atoms with E-state index in [-0.39, 0.29) is 12.0 Å². The van der Waals surface area contributed by atoms with Gasteiger partial charge in [-0.15, -0.1) is 11.3 Å². The first kappa shape index (κ1) is 19.6. The topological polar surface area (TPSA) is 62.7 Å². The molecule has 1 saturated heterocycles. The van der Waals surface area contributed by atoms with Crippen LogP contribution in [-0.4, -0.2) is 58.6 Å². The Bertz CT molecular complexity index is 839. The lowest BCUT2D eigenvalue weighted by molar-refractivity contribution is 0.0141. The van der Waals surface area contributed by atoms with Crippen LogP contribution < -0.4 is 0 Å². The summed E-state index contributed by atoms with van der Waals surface area (Å²) in [4.78, 5) is 33.2. The summed E-state index contributed by atoms with van der Waals surface area (Å²) in [5.41, 5.74) is 0.292. The Kier molecular flexibility index (Phi) is 5.72. The summed E-state index contributed by atoms with van der Waals surface area (Å²) in [6, 6.07) is 7.43. The zero-order chi connectivity index (χ0) is 19.6. The first-order valence-electron chi connectivity index (χ1n) is 8.72. The number of benzene rings is 1. The van der Waals surface area contributed by atoms with Crippen molar-refractivity contribution in [3.05, 3.63) is 40.4 Å². The highest BCUT2D eigenvalue weighted by atomic mass is 35.5. The van der Waals surface area contributed by atoms with E-state index in [0.717, 1.165) is 10.6 Å². The van der Waals surface area contributed by atoms with Crippen LogP contribution in [0.4, 0.5) is 4.79 Å². The van der Waals surface area contributed by atoms with Crippen molar-refractivity contribution in [1.29, 1.82) is 0 Å². The Labute approximate surface area is 167 Å². The molecule has 0 N–H and O–H groups in total. The molecule has 1 aromatic carbocycles. The molecular weight excluding hydrogens is 386 g/mol. The average molecular weight is 408 g/mol. The van der Waals surface area contributed by atoms with Crippen molar-refractivity contribution in [3.8, 4) is 10.6 Å². The van der Waals surface area contributed by atoms with Crippen molar-refractivity contribution in [2.75, 3.05) is 26.2 Å². The lowest BCUT2D eigenvalue weighted by Gasteiger charge is -2.35. The number of halogens is 1. The van der Waals surface area contributed by atoms with E-state index < -0.39 is 5.60 Å². The molecule has 6 nitrogen and oxygen atoms in total. The summed E-state index contributed by atoms with van der Waals surface area (Å²) in [7, 11) is 0. The maximum atomic E-state index is 12.8. The van der Waals surface area contributed by atoms with E-state index in [1.54, 1.807) is 22.1 Å². The number of hydrogen-bond donors (Lipinski definition) is 0. The second kappa shape index (κ2) is 7.86. The molecule has 27 heavy (non-hydrogen) atoms. The number of amides is 2. The molecule has 8 heteroatoms. The minimum absolute atomic E-state index is 0.0744. The van der Waals surface area contributed by atoms with Gasteiger partial charge in [0.2, 0.25) is 0 Å². The Balaban J connectivity index is 1.62. The van der Waals surface area contributed by atoms with Gasteiger partial charge in [-0.25, -0.2) is 9.78 Å². The standard InChI is InChI=1S/C19H22ClN3O3S/c1-19(2,3)26-18(25)23-10-8-22(9-11-23)17(24)15-12-21-16(27-15)13-6-4-5-7-14(13)20/h4-7,12H,8-11H2,1-3H3. The number of ether oxygens (including phenoxy) is 1. The molecule has 2 amide bonds. The molecule has 2 aromatic rings. The maximum Gasteiger partial charge on any atom is 0.410 e. The Morgan fingerprint density at radius 3 is 2.37 bits per heavy atom. The van der Waals surface area contributed by atoms with Crippen molar-refractivity contribution in [2.45, 2.75) is 26.4 Å². The summed E-state index contributed by atoms with van der Waals surface area (Å²) in [6.45, 7) is 7.36. The third kappa shape index (κ3) is 4.78. The Morgan fingerprint density at radius 1 is 1.11 bits per heavy atom. The molecule has 1 aliphatic rings. The van der Waals surface area contributed by atoms with E-state index >= 15 is 0 Å². The first-order valence-corrected chi connectivity index (χ1v) is 9.92. The number of piperazine rings is 1. The fourth-order valence-electron chi connectivity index (χ4n) is 2.71. The predicted octanol–water partition coefficient (Wildman–Crippen LogP) is 4.16. The van der Waals surface area contributed by atoms with E-state index in [1.807, 2.05) is 39.0 Å². The zero-order valence-electron chi connectivity index (χ0n) is 15.6. The van der Waals surface area contributed by atoms with Crippen LogP contribution in [0.1, 0.15) is 30.4 Å². The van der Waals surface area contributed by atoms with Crippen molar-refractivity contribution >= 4 is 34.9 Å². The van der Waals surface area contributed by atoms with Gasteiger partial charge in [-0.2, -0.15) is 0 Å². The predicted molar refractivity (Wildman–Crippen MR) is 106 cm³/mol. The number of thiazole rings is 1. The summed E-state index contributed by atoms with van der Waals surface area (Å²) in [5, 5.41) is 1.33. The number of hydrogen-bond acceptors (Lipinski definition) is 5. The highest BCUT2D eigenvalue weighted by Crippen LogP contribution is 2.31. The molecule has 144 valence electrons. The number of aromatic nitrogens is 1. The first-order chi connectivity index (χ1) is 12.7.